The molecule has 3 atom stereocenters. The molecule has 0 radical (unpaired) electrons. The quantitative estimate of drug-likeness (QED) is 0.0750. The van der Waals surface area contributed by atoms with E-state index >= 15 is 0 Å². The van der Waals surface area contributed by atoms with E-state index in [0.29, 0.717) is 125 Å². The number of rotatable bonds is 15. The number of carbonyl (C=O) groups excluding carboxylic acids is 2. The molecule has 9 aromatic rings. The first-order valence-electron chi connectivity index (χ1n) is 26.1. The zero-order valence-corrected chi connectivity index (χ0v) is 46.5. The number of thiazole rings is 2. The van der Waals surface area contributed by atoms with E-state index in [1.807, 2.05) is 100 Å². The maximum absolute atomic E-state index is 13.8. The van der Waals surface area contributed by atoms with Gasteiger partial charge in [-0.05, 0) is 131 Å². The number of hydrogen-bond donors (Lipinski definition) is 4. The molecule has 0 aliphatic carbocycles. The summed E-state index contributed by atoms with van der Waals surface area (Å²) in [5.41, 5.74) is 7.75. The summed E-state index contributed by atoms with van der Waals surface area (Å²) in [7, 11) is 1.54. The molecule has 6 heterocycles. The Morgan fingerprint density at radius 3 is 1.91 bits per heavy atom. The van der Waals surface area contributed by atoms with E-state index in [1.165, 1.54) is 29.7 Å². The van der Waals surface area contributed by atoms with Gasteiger partial charge in [0.15, 0.2) is 22.2 Å². The van der Waals surface area contributed by atoms with Gasteiger partial charge in [-0.3, -0.25) is 19.6 Å². The predicted molar refractivity (Wildman–Crippen MR) is 305 cm³/mol. The highest BCUT2D eigenvalue weighted by Crippen LogP contribution is 2.50. The van der Waals surface area contributed by atoms with Gasteiger partial charge in [-0.2, -0.15) is 0 Å². The molecule has 1 unspecified atom stereocenters. The summed E-state index contributed by atoms with van der Waals surface area (Å²) in [6.45, 7) is 13.6. The fourth-order valence-electron chi connectivity index (χ4n) is 10.9. The highest BCUT2D eigenvalue weighted by atomic mass is 32.1. The summed E-state index contributed by atoms with van der Waals surface area (Å²) in [5.74, 6) is -1.93. The van der Waals surface area contributed by atoms with Gasteiger partial charge in [0.25, 0.3) is 11.8 Å². The number of aryl methyl sites for hydroxylation is 1. The minimum atomic E-state index is -1.49. The third-order valence-electron chi connectivity index (χ3n) is 14.0. The van der Waals surface area contributed by atoms with Gasteiger partial charge in [0.05, 0.1) is 49.3 Å². The van der Waals surface area contributed by atoms with Crippen LogP contribution >= 0.6 is 22.7 Å². The topological polar surface area (TPSA) is 221 Å². The molecule has 2 amide bonds. The maximum Gasteiger partial charge on any atom is 0.337 e. The molecule has 404 valence electrons. The minimum Gasteiger partial charge on any atom is -0.493 e. The average molecular weight is 1100 g/mol. The van der Waals surface area contributed by atoms with Crippen LogP contribution in [-0.2, 0) is 44.7 Å². The molecule has 4 N–H and O–H groups in total. The van der Waals surface area contributed by atoms with Crippen LogP contribution in [0.1, 0.15) is 112 Å². The summed E-state index contributed by atoms with van der Waals surface area (Å²) < 4.78 is 27.2. The molecule has 5 aromatic carbocycles. The highest BCUT2D eigenvalue weighted by Gasteiger charge is 2.38. The Kier molecular flexibility index (Phi) is 13.9. The molecule has 79 heavy (non-hydrogen) atoms. The minimum absolute atomic E-state index is 0.190. The number of carboxylic acids is 2. The number of aliphatic carboxylic acids is 2. The van der Waals surface area contributed by atoms with E-state index in [-0.39, 0.29) is 28.3 Å². The fraction of sp³-hybridized carbons (Fsp3) is 0.311. The van der Waals surface area contributed by atoms with Gasteiger partial charge in [0, 0.05) is 89.4 Å². The van der Waals surface area contributed by atoms with Crippen LogP contribution in [0.4, 0.5) is 0 Å². The maximum atomic E-state index is 13.8. The normalized spacial score (nSPS) is 15.0. The first kappa shape index (κ1) is 53.1. The molecule has 16 nitrogen and oxygen atoms in total. The van der Waals surface area contributed by atoms with E-state index in [1.54, 1.807) is 39.2 Å². The van der Waals surface area contributed by atoms with Crippen molar-refractivity contribution in [1.82, 2.24) is 30.6 Å². The molecule has 0 spiro atoms. The third kappa shape index (κ3) is 10.2. The van der Waals surface area contributed by atoms with Crippen LogP contribution in [0.5, 0.6) is 11.5 Å². The van der Waals surface area contributed by atoms with Gasteiger partial charge in [-0.1, -0.05) is 30.3 Å². The van der Waals surface area contributed by atoms with Crippen LogP contribution in [0.25, 0.3) is 64.5 Å². The van der Waals surface area contributed by atoms with Crippen molar-refractivity contribution >= 4 is 88.7 Å². The summed E-state index contributed by atoms with van der Waals surface area (Å²) >= 11 is 2.35. The van der Waals surface area contributed by atoms with Gasteiger partial charge >= 0.3 is 11.9 Å². The van der Waals surface area contributed by atoms with Gasteiger partial charge in [-0.15, -0.1) is 22.7 Å². The summed E-state index contributed by atoms with van der Waals surface area (Å²) in [5, 5.41) is 29.9. The lowest BCUT2D eigenvalue weighted by Gasteiger charge is -2.31. The Morgan fingerprint density at radius 2 is 1.29 bits per heavy atom. The molecule has 18 heteroatoms. The van der Waals surface area contributed by atoms with Crippen molar-refractivity contribution in [1.29, 1.82) is 0 Å². The second kappa shape index (κ2) is 20.7. The Morgan fingerprint density at radius 1 is 0.722 bits per heavy atom. The number of ether oxygens (including phenoxy) is 4. The number of carbonyl (C=O) groups is 4. The van der Waals surface area contributed by atoms with E-state index in [9.17, 15) is 29.4 Å². The molecule has 0 bridgehead atoms. The molecule has 11 rings (SSSR count). The van der Waals surface area contributed by atoms with Crippen molar-refractivity contribution in [3.63, 3.8) is 0 Å². The highest BCUT2D eigenvalue weighted by molar-refractivity contribution is 7.21. The number of nitrogens with one attached hydrogen (secondary N) is 2. The number of hydrogen-bond acceptors (Lipinski definition) is 14. The lowest BCUT2D eigenvalue weighted by atomic mass is 9.85. The number of amides is 2. The summed E-state index contributed by atoms with van der Waals surface area (Å²) in [6.07, 6.45) is 1.85. The smallest absolute Gasteiger partial charge is 0.337 e. The number of pyridine rings is 2. The van der Waals surface area contributed by atoms with Crippen LogP contribution < -0.4 is 20.1 Å². The number of aromatic nitrogens is 4. The molecular weight excluding hydrogens is 1040 g/mol. The molecule has 0 fully saturated rings. The first-order chi connectivity index (χ1) is 37.7. The van der Waals surface area contributed by atoms with Crippen LogP contribution in [0, 0.1) is 6.92 Å². The summed E-state index contributed by atoms with van der Waals surface area (Å²) in [6, 6.07) is 24.9. The van der Waals surface area contributed by atoms with E-state index in [0.717, 1.165) is 22.1 Å². The van der Waals surface area contributed by atoms with Gasteiger partial charge < -0.3 is 39.8 Å². The number of carboxylic acid groups (broad SMARTS) is 2. The number of benzene rings is 5. The van der Waals surface area contributed by atoms with Gasteiger partial charge in [-0.25, -0.2) is 19.6 Å². The Balaban J connectivity index is 1.05. The fourth-order valence-corrected chi connectivity index (χ4v) is 13.0. The van der Waals surface area contributed by atoms with Crippen molar-refractivity contribution < 1.29 is 48.3 Å². The second-order valence-electron chi connectivity index (χ2n) is 21.9. The van der Waals surface area contributed by atoms with Crippen molar-refractivity contribution in [2.75, 3.05) is 20.2 Å². The SMILES string of the molecule is CNC(=O)c1nc2cc(CC3Cc4ccnc5c(-c6c([C@H](OC(C)(C)C)C(=O)O)c(C)cc7nc(C(=O)NCCc8ccccc8)sc67)ccc(c45)O3)c([C@H](OC(C)(C)C)C(=O)O)c(-c3ccc4c5c(ccnc35)CCO4)c2s1. The van der Waals surface area contributed by atoms with Gasteiger partial charge in [0.2, 0.25) is 0 Å². The monoisotopic (exact) mass is 1100 g/mol. The molecule has 2 aliphatic rings. The second-order valence-corrected chi connectivity index (χ2v) is 23.9. The van der Waals surface area contributed by atoms with Crippen molar-refractivity contribution in [3.8, 4) is 33.8 Å². The number of nitrogens with zero attached hydrogens (tertiary/aromatic N) is 4. The van der Waals surface area contributed by atoms with Crippen molar-refractivity contribution in [2.24, 2.45) is 0 Å². The van der Waals surface area contributed by atoms with Crippen LogP contribution in [-0.4, -0.2) is 91.4 Å². The first-order valence-corrected chi connectivity index (χ1v) is 27.8. The Bertz CT molecular complexity index is 3930. The van der Waals surface area contributed by atoms with E-state index in [4.69, 9.17) is 38.9 Å². The van der Waals surface area contributed by atoms with E-state index in [2.05, 4.69) is 10.6 Å². The Hall–Kier alpha value is -7.90. The van der Waals surface area contributed by atoms with Gasteiger partial charge in [0.1, 0.15) is 17.6 Å². The molecular formula is C61H58N6O10S2. The zero-order valence-electron chi connectivity index (χ0n) is 44.9. The zero-order chi connectivity index (χ0) is 55.7. The largest absolute Gasteiger partial charge is 0.493 e. The summed E-state index contributed by atoms with van der Waals surface area (Å²) in [4.78, 5) is 74.0. The lowest BCUT2D eigenvalue weighted by molar-refractivity contribution is -0.161. The average Bonchev–Trinajstić information content (AvgIpc) is 4.24. The van der Waals surface area contributed by atoms with Crippen molar-refractivity contribution in [3.05, 3.63) is 140 Å². The number of fused-ring (bicyclic) bond motifs is 2. The van der Waals surface area contributed by atoms with Crippen LogP contribution in [0.15, 0.2) is 91.3 Å². The standard InChI is InChI=1S/C61H58N6O10S2/c1-30-26-38-52(79-57(66-38)55(69)65-22-18-31-12-10-9-11-13-31)46(42(30)50(58(70)71)76-60(2,3)4)36-15-17-41-44-33(20-24-64-49(36)44)27-35(75-41)28-34-29-39-53(78-56(67-39)54(68)62-8)47(45(34)51(59(72)73)77-61(5,6)7)37-14-16-40-43-32(21-25-74-40)19-23-63-48(37)43/h9-17,19-20,23-24,26,29,35,50-51H,18,21-22,25,27-28H2,1-8H3,(H,62,68)(H,65,69)(H,70,71)(H,72,73)/t35?,50-,51-/m0/s1. The molecule has 0 saturated heterocycles. The van der Waals surface area contributed by atoms with Crippen LogP contribution in [0.2, 0.25) is 0 Å². The molecule has 0 saturated carbocycles. The third-order valence-corrected chi connectivity index (χ3v) is 16.2. The Labute approximate surface area is 463 Å². The lowest BCUT2D eigenvalue weighted by Crippen LogP contribution is -2.30. The van der Waals surface area contributed by atoms with Crippen LogP contribution in [0.3, 0.4) is 0 Å². The molecule has 4 aromatic heterocycles. The van der Waals surface area contributed by atoms with E-state index < -0.39 is 41.5 Å². The predicted octanol–water partition coefficient (Wildman–Crippen LogP) is 11.3. The molecule has 2 aliphatic heterocycles. The van der Waals surface area contributed by atoms with Crippen molar-refractivity contribution in [2.45, 2.75) is 104 Å².